The molecule has 0 radical (unpaired) electrons. The van der Waals surface area contributed by atoms with Gasteiger partial charge in [0.1, 0.15) is 0 Å². The molecule has 0 heterocycles. The topological polar surface area (TPSA) is 60.7 Å². The van der Waals surface area contributed by atoms with Gasteiger partial charge >= 0.3 is 0 Å². The molecular weight excluding hydrogens is 168 g/mol. The maximum atomic E-state index is 9.39. The molecule has 0 amide bonds. The Morgan fingerprint density at radius 2 is 1.92 bits per heavy atom. The van der Waals surface area contributed by atoms with E-state index in [2.05, 4.69) is 6.58 Å². The van der Waals surface area contributed by atoms with Gasteiger partial charge in [-0.25, -0.2) is 0 Å². The van der Waals surface area contributed by atoms with Gasteiger partial charge in [0.25, 0.3) is 0 Å². The van der Waals surface area contributed by atoms with Crippen molar-refractivity contribution in [3.05, 3.63) is 12.7 Å². The van der Waals surface area contributed by atoms with Crippen LogP contribution in [-0.2, 0) is 0 Å². The molecule has 78 valence electrons. The summed E-state index contributed by atoms with van der Waals surface area (Å²) in [6.07, 6.45) is 1.78. The number of unbranched alkanes of at least 4 members (excludes halogenated alkanes) is 1. The van der Waals surface area contributed by atoms with Crippen molar-refractivity contribution in [2.75, 3.05) is 0 Å². The SMILES string of the molecule is C=C[C@H](O)[C@H](O)C[C@H](O)CCCC. The van der Waals surface area contributed by atoms with Gasteiger partial charge in [-0.3, -0.25) is 0 Å². The molecular formula is C10H20O3. The Bertz CT molecular complexity index is 136. The molecule has 3 N–H and O–H groups in total. The average Bonchev–Trinajstić information content (AvgIpc) is 2.13. The summed E-state index contributed by atoms with van der Waals surface area (Å²) in [4.78, 5) is 0. The van der Waals surface area contributed by atoms with Crippen LogP contribution in [0.2, 0.25) is 0 Å². The molecule has 0 aliphatic rings. The molecule has 0 spiro atoms. The minimum Gasteiger partial charge on any atom is -0.393 e. The van der Waals surface area contributed by atoms with E-state index < -0.39 is 18.3 Å². The maximum Gasteiger partial charge on any atom is 0.0978 e. The van der Waals surface area contributed by atoms with Gasteiger partial charge in [0.2, 0.25) is 0 Å². The number of aliphatic hydroxyl groups excluding tert-OH is 3. The van der Waals surface area contributed by atoms with Gasteiger partial charge in [-0.2, -0.15) is 0 Å². The summed E-state index contributed by atoms with van der Waals surface area (Å²) in [7, 11) is 0. The summed E-state index contributed by atoms with van der Waals surface area (Å²) in [6, 6.07) is 0. The first-order valence-corrected chi connectivity index (χ1v) is 4.78. The van der Waals surface area contributed by atoms with E-state index in [1.165, 1.54) is 6.08 Å². The average molecular weight is 188 g/mol. The Balaban J connectivity index is 3.63. The minimum atomic E-state index is -0.934. The third-order valence-electron chi connectivity index (χ3n) is 2.04. The largest absolute Gasteiger partial charge is 0.393 e. The van der Waals surface area contributed by atoms with Gasteiger partial charge in [0.05, 0.1) is 18.3 Å². The summed E-state index contributed by atoms with van der Waals surface area (Å²) in [5.41, 5.74) is 0. The molecule has 0 bridgehead atoms. The first-order valence-electron chi connectivity index (χ1n) is 4.78. The highest BCUT2D eigenvalue weighted by atomic mass is 16.3. The number of hydrogen-bond acceptors (Lipinski definition) is 3. The second-order valence-corrected chi connectivity index (χ2v) is 3.33. The van der Waals surface area contributed by atoms with Crippen molar-refractivity contribution in [3.63, 3.8) is 0 Å². The lowest BCUT2D eigenvalue weighted by Gasteiger charge is -2.17. The van der Waals surface area contributed by atoms with Crippen molar-refractivity contribution in [2.45, 2.75) is 50.9 Å². The van der Waals surface area contributed by atoms with Crippen molar-refractivity contribution in [2.24, 2.45) is 0 Å². The van der Waals surface area contributed by atoms with Crippen molar-refractivity contribution in [3.8, 4) is 0 Å². The highest BCUT2D eigenvalue weighted by Crippen LogP contribution is 2.09. The predicted molar refractivity (Wildman–Crippen MR) is 52.4 cm³/mol. The molecule has 13 heavy (non-hydrogen) atoms. The monoisotopic (exact) mass is 188 g/mol. The number of rotatable bonds is 7. The van der Waals surface area contributed by atoms with Crippen LogP contribution < -0.4 is 0 Å². The van der Waals surface area contributed by atoms with Crippen molar-refractivity contribution < 1.29 is 15.3 Å². The lowest BCUT2D eigenvalue weighted by Crippen LogP contribution is -2.28. The summed E-state index contributed by atoms with van der Waals surface area (Å²) >= 11 is 0. The predicted octanol–water partition coefficient (Wildman–Crippen LogP) is 0.835. The number of aliphatic hydroxyl groups is 3. The molecule has 0 fully saturated rings. The molecule has 3 atom stereocenters. The minimum absolute atomic E-state index is 0.215. The van der Waals surface area contributed by atoms with E-state index in [1.807, 2.05) is 6.92 Å². The highest BCUT2D eigenvalue weighted by Gasteiger charge is 2.16. The zero-order valence-electron chi connectivity index (χ0n) is 8.19. The Morgan fingerprint density at radius 3 is 2.38 bits per heavy atom. The Kier molecular flexibility index (Phi) is 6.86. The standard InChI is InChI=1S/C10H20O3/c1-3-5-6-8(11)7-10(13)9(12)4-2/h4,8-13H,2-3,5-7H2,1H3/t8-,9+,10-/m1/s1. The van der Waals surface area contributed by atoms with Gasteiger partial charge in [-0.15, -0.1) is 6.58 Å². The first kappa shape index (κ1) is 12.6. The molecule has 0 unspecified atom stereocenters. The molecule has 0 saturated carbocycles. The molecule has 0 rings (SSSR count). The first-order chi connectivity index (χ1) is 6.11. The summed E-state index contributed by atoms with van der Waals surface area (Å²) < 4.78 is 0. The highest BCUT2D eigenvalue weighted by molar-refractivity contribution is 4.85. The van der Waals surface area contributed by atoms with Crippen LogP contribution in [0.25, 0.3) is 0 Å². The molecule has 0 aromatic rings. The van der Waals surface area contributed by atoms with Crippen LogP contribution in [0.15, 0.2) is 12.7 Å². The van der Waals surface area contributed by atoms with Crippen molar-refractivity contribution in [1.29, 1.82) is 0 Å². The molecule has 0 aliphatic carbocycles. The fourth-order valence-corrected chi connectivity index (χ4v) is 1.13. The van der Waals surface area contributed by atoms with Gasteiger partial charge in [0.15, 0.2) is 0 Å². The quantitative estimate of drug-likeness (QED) is 0.519. The van der Waals surface area contributed by atoms with E-state index in [9.17, 15) is 10.2 Å². The fourth-order valence-electron chi connectivity index (χ4n) is 1.13. The molecule has 0 aromatic heterocycles. The molecule has 0 saturated heterocycles. The van der Waals surface area contributed by atoms with Gasteiger partial charge in [-0.1, -0.05) is 25.8 Å². The normalized spacial score (nSPS) is 17.8. The van der Waals surface area contributed by atoms with E-state index in [4.69, 9.17) is 5.11 Å². The Morgan fingerprint density at radius 1 is 1.31 bits per heavy atom. The van der Waals surface area contributed by atoms with Gasteiger partial charge < -0.3 is 15.3 Å². The molecule has 0 aromatic carbocycles. The third kappa shape index (κ3) is 5.80. The zero-order valence-corrected chi connectivity index (χ0v) is 8.19. The lowest BCUT2D eigenvalue weighted by molar-refractivity contribution is 0.00774. The van der Waals surface area contributed by atoms with Crippen LogP contribution >= 0.6 is 0 Å². The van der Waals surface area contributed by atoms with E-state index in [-0.39, 0.29) is 6.42 Å². The fraction of sp³-hybridized carbons (Fsp3) is 0.800. The maximum absolute atomic E-state index is 9.39. The lowest BCUT2D eigenvalue weighted by atomic mass is 10.0. The van der Waals surface area contributed by atoms with Crippen LogP contribution in [-0.4, -0.2) is 33.6 Å². The second kappa shape index (κ2) is 7.06. The van der Waals surface area contributed by atoms with E-state index in [0.717, 1.165) is 12.8 Å². The van der Waals surface area contributed by atoms with Crippen molar-refractivity contribution in [1.82, 2.24) is 0 Å². The van der Waals surface area contributed by atoms with E-state index in [1.54, 1.807) is 0 Å². The summed E-state index contributed by atoms with van der Waals surface area (Å²) in [6.45, 7) is 5.40. The molecule has 3 nitrogen and oxygen atoms in total. The van der Waals surface area contributed by atoms with Gasteiger partial charge in [0, 0.05) is 6.42 Å². The molecule has 3 heteroatoms. The Labute approximate surface area is 79.7 Å². The van der Waals surface area contributed by atoms with Crippen LogP contribution in [0.4, 0.5) is 0 Å². The zero-order chi connectivity index (χ0) is 10.3. The summed E-state index contributed by atoms with van der Waals surface area (Å²) in [5.74, 6) is 0. The second-order valence-electron chi connectivity index (χ2n) is 3.33. The van der Waals surface area contributed by atoms with Crippen LogP contribution in [0.1, 0.15) is 32.6 Å². The van der Waals surface area contributed by atoms with E-state index >= 15 is 0 Å². The molecule has 0 aliphatic heterocycles. The van der Waals surface area contributed by atoms with Crippen LogP contribution in [0, 0.1) is 0 Å². The number of hydrogen-bond donors (Lipinski definition) is 3. The van der Waals surface area contributed by atoms with E-state index in [0.29, 0.717) is 6.42 Å². The smallest absolute Gasteiger partial charge is 0.0978 e. The van der Waals surface area contributed by atoms with Crippen LogP contribution in [0.3, 0.4) is 0 Å². The third-order valence-corrected chi connectivity index (χ3v) is 2.04. The van der Waals surface area contributed by atoms with Crippen molar-refractivity contribution >= 4 is 0 Å². The van der Waals surface area contributed by atoms with Gasteiger partial charge in [-0.05, 0) is 6.42 Å². The van der Waals surface area contributed by atoms with Crippen LogP contribution in [0.5, 0.6) is 0 Å². The summed E-state index contributed by atoms with van der Waals surface area (Å²) in [5, 5.41) is 27.8. The Hall–Kier alpha value is -0.380.